The minimum Gasteiger partial charge on any atom is -0.492 e. The largest absolute Gasteiger partial charge is 0.492 e. The van der Waals surface area contributed by atoms with Gasteiger partial charge in [0, 0.05) is 5.56 Å². The maximum absolute atomic E-state index is 11.7. The van der Waals surface area contributed by atoms with Crippen LogP contribution in [0.15, 0.2) is 24.3 Å². The Labute approximate surface area is 141 Å². The van der Waals surface area contributed by atoms with Crippen LogP contribution in [-0.4, -0.2) is 43.2 Å². The highest BCUT2D eigenvalue weighted by molar-refractivity contribution is 6.40. The highest BCUT2D eigenvalue weighted by Crippen LogP contribution is 2.13. The molecular weight excluding hydrogens is 314 g/mol. The lowest BCUT2D eigenvalue weighted by molar-refractivity contribution is -0.137. The van der Waals surface area contributed by atoms with Gasteiger partial charge < -0.3 is 19.5 Å². The smallest absolute Gasteiger partial charge is 0.407 e. The van der Waals surface area contributed by atoms with Crippen LogP contribution in [-0.2, 0) is 14.3 Å². The maximum atomic E-state index is 11.7. The molecule has 0 spiro atoms. The predicted octanol–water partition coefficient (Wildman–Crippen LogP) is 2.34. The van der Waals surface area contributed by atoms with Crippen LogP contribution in [0.3, 0.4) is 0 Å². The van der Waals surface area contributed by atoms with E-state index >= 15 is 0 Å². The van der Waals surface area contributed by atoms with Crippen molar-refractivity contribution in [2.24, 2.45) is 0 Å². The summed E-state index contributed by atoms with van der Waals surface area (Å²) in [7, 11) is 0. The van der Waals surface area contributed by atoms with Gasteiger partial charge >= 0.3 is 12.1 Å². The Kier molecular flexibility index (Phi) is 7.23. The number of rotatable bonds is 7. The fourth-order valence-electron chi connectivity index (χ4n) is 1.65. The Hall–Kier alpha value is -2.57. The molecule has 24 heavy (non-hydrogen) atoms. The number of ether oxygens (including phenoxy) is 3. The van der Waals surface area contributed by atoms with Gasteiger partial charge in [0.05, 0.1) is 13.2 Å². The summed E-state index contributed by atoms with van der Waals surface area (Å²) in [4.78, 5) is 34.5. The van der Waals surface area contributed by atoms with E-state index in [0.717, 1.165) is 0 Å². The third kappa shape index (κ3) is 7.13. The van der Waals surface area contributed by atoms with E-state index in [9.17, 15) is 14.4 Å². The van der Waals surface area contributed by atoms with Gasteiger partial charge in [-0.2, -0.15) is 0 Å². The molecule has 1 rings (SSSR count). The van der Waals surface area contributed by atoms with Gasteiger partial charge in [-0.25, -0.2) is 9.59 Å². The van der Waals surface area contributed by atoms with Crippen molar-refractivity contribution < 1.29 is 28.6 Å². The number of hydrogen-bond acceptors (Lipinski definition) is 6. The lowest BCUT2D eigenvalue weighted by atomic mass is 10.1. The molecule has 0 saturated heterocycles. The second kappa shape index (κ2) is 8.90. The first-order chi connectivity index (χ1) is 11.2. The van der Waals surface area contributed by atoms with Gasteiger partial charge in [-0.3, -0.25) is 4.79 Å². The number of benzene rings is 1. The van der Waals surface area contributed by atoms with Gasteiger partial charge in [-0.1, -0.05) is 0 Å². The molecule has 0 radical (unpaired) electrons. The van der Waals surface area contributed by atoms with Crippen LogP contribution in [0.5, 0.6) is 5.75 Å². The second-order valence-electron chi connectivity index (χ2n) is 5.85. The highest BCUT2D eigenvalue weighted by atomic mass is 16.6. The molecule has 0 heterocycles. The van der Waals surface area contributed by atoms with E-state index in [1.54, 1.807) is 39.8 Å². The van der Waals surface area contributed by atoms with E-state index in [1.807, 2.05) is 0 Å². The fourth-order valence-corrected chi connectivity index (χ4v) is 1.65. The average Bonchev–Trinajstić information content (AvgIpc) is 2.50. The summed E-state index contributed by atoms with van der Waals surface area (Å²) >= 11 is 0. The zero-order valence-corrected chi connectivity index (χ0v) is 14.4. The molecule has 7 nitrogen and oxygen atoms in total. The van der Waals surface area contributed by atoms with Crippen molar-refractivity contribution in [2.75, 3.05) is 19.8 Å². The summed E-state index contributed by atoms with van der Waals surface area (Å²) in [5.41, 5.74) is -0.320. The van der Waals surface area contributed by atoms with Gasteiger partial charge in [0.25, 0.3) is 5.78 Å². The molecule has 0 aromatic heterocycles. The number of carbonyl (C=O) groups is 3. The topological polar surface area (TPSA) is 90.9 Å². The number of hydrogen-bond donors (Lipinski definition) is 1. The molecular formula is C17H23NO6. The highest BCUT2D eigenvalue weighted by Gasteiger charge is 2.17. The van der Waals surface area contributed by atoms with E-state index in [4.69, 9.17) is 9.47 Å². The van der Waals surface area contributed by atoms with Gasteiger partial charge in [0.1, 0.15) is 18.0 Å². The second-order valence-corrected chi connectivity index (χ2v) is 5.85. The van der Waals surface area contributed by atoms with Gasteiger partial charge in [0.15, 0.2) is 0 Å². The molecule has 1 N–H and O–H groups in total. The number of alkyl carbamates (subject to hydrolysis) is 1. The number of carbonyl (C=O) groups excluding carboxylic acids is 3. The molecule has 0 saturated carbocycles. The fraction of sp³-hybridized carbons (Fsp3) is 0.471. The first-order valence-electron chi connectivity index (χ1n) is 7.64. The molecule has 0 bridgehead atoms. The van der Waals surface area contributed by atoms with Gasteiger partial charge in [-0.05, 0) is 52.0 Å². The molecule has 1 aromatic carbocycles. The standard InChI is InChI=1S/C17H23NO6/c1-5-22-15(20)14(19)12-6-8-13(9-7-12)23-11-10-18-16(21)24-17(2,3)4/h6-9H,5,10-11H2,1-4H3,(H,18,21). The zero-order valence-electron chi connectivity index (χ0n) is 14.4. The van der Waals surface area contributed by atoms with Crippen molar-refractivity contribution >= 4 is 17.8 Å². The summed E-state index contributed by atoms with van der Waals surface area (Å²) < 4.78 is 15.2. The molecule has 0 aliphatic heterocycles. The Morgan fingerprint density at radius 3 is 2.25 bits per heavy atom. The third-order valence-corrected chi connectivity index (χ3v) is 2.62. The van der Waals surface area contributed by atoms with Crippen LogP contribution >= 0.6 is 0 Å². The summed E-state index contributed by atoms with van der Waals surface area (Å²) in [5.74, 6) is -1.07. The minimum atomic E-state index is -0.882. The van der Waals surface area contributed by atoms with E-state index in [2.05, 4.69) is 10.1 Å². The van der Waals surface area contributed by atoms with Gasteiger partial charge in [-0.15, -0.1) is 0 Å². The molecule has 1 aromatic rings. The zero-order chi connectivity index (χ0) is 18.2. The number of ketones is 1. The van der Waals surface area contributed by atoms with Crippen molar-refractivity contribution in [3.8, 4) is 5.75 Å². The Balaban J connectivity index is 2.39. The van der Waals surface area contributed by atoms with E-state index in [1.165, 1.54) is 12.1 Å². The summed E-state index contributed by atoms with van der Waals surface area (Å²) in [5, 5.41) is 2.57. The van der Waals surface area contributed by atoms with Crippen molar-refractivity contribution in [1.29, 1.82) is 0 Å². The Morgan fingerprint density at radius 2 is 1.71 bits per heavy atom. The summed E-state index contributed by atoms with van der Waals surface area (Å²) in [6.45, 7) is 7.64. The van der Waals surface area contributed by atoms with Crippen LogP contribution in [0, 0.1) is 0 Å². The number of amides is 1. The lowest BCUT2D eigenvalue weighted by Gasteiger charge is -2.19. The lowest BCUT2D eigenvalue weighted by Crippen LogP contribution is -2.34. The third-order valence-electron chi connectivity index (χ3n) is 2.62. The minimum absolute atomic E-state index is 0.149. The van der Waals surface area contributed by atoms with Crippen LogP contribution in [0.2, 0.25) is 0 Å². The molecule has 0 aliphatic rings. The Bertz CT molecular complexity index is 574. The van der Waals surface area contributed by atoms with Crippen LogP contribution in [0.25, 0.3) is 0 Å². The SMILES string of the molecule is CCOC(=O)C(=O)c1ccc(OCCNC(=O)OC(C)(C)C)cc1. The van der Waals surface area contributed by atoms with E-state index < -0.39 is 23.4 Å². The predicted molar refractivity (Wildman–Crippen MR) is 87.1 cm³/mol. The van der Waals surface area contributed by atoms with Gasteiger partial charge in [0.2, 0.25) is 0 Å². The number of Topliss-reactive ketones (excluding diaryl/α,β-unsaturated/α-hetero) is 1. The average molecular weight is 337 g/mol. The van der Waals surface area contributed by atoms with Crippen molar-refractivity contribution in [3.05, 3.63) is 29.8 Å². The van der Waals surface area contributed by atoms with E-state index in [0.29, 0.717) is 5.75 Å². The van der Waals surface area contributed by atoms with Crippen molar-refractivity contribution in [3.63, 3.8) is 0 Å². The normalized spacial score (nSPS) is 10.7. The summed E-state index contributed by atoms with van der Waals surface area (Å²) in [6, 6.07) is 6.10. The molecule has 0 fully saturated rings. The monoisotopic (exact) mass is 337 g/mol. The molecule has 1 amide bonds. The first-order valence-corrected chi connectivity index (χ1v) is 7.64. The molecule has 7 heteroatoms. The molecule has 0 atom stereocenters. The number of esters is 1. The van der Waals surface area contributed by atoms with E-state index in [-0.39, 0.29) is 25.3 Å². The summed E-state index contributed by atoms with van der Waals surface area (Å²) in [6.07, 6.45) is -0.513. The first kappa shape index (κ1) is 19.5. The maximum Gasteiger partial charge on any atom is 0.407 e. The molecule has 0 aliphatic carbocycles. The molecule has 132 valence electrons. The van der Waals surface area contributed by atoms with Crippen LogP contribution in [0.1, 0.15) is 38.1 Å². The quantitative estimate of drug-likeness (QED) is 0.355. The van der Waals surface area contributed by atoms with Crippen molar-refractivity contribution in [2.45, 2.75) is 33.3 Å². The Morgan fingerprint density at radius 1 is 1.08 bits per heavy atom. The van der Waals surface area contributed by atoms with Crippen LogP contribution < -0.4 is 10.1 Å². The van der Waals surface area contributed by atoms with Crippen LogP contribution in [0.4, 0.5) is 4.79 Å². The molecule has 0 unspecified atom stereocenters. The number of nitrogens with one attached hydrogen (secondary N) is 1. The van der Waals surface area contributed by atoms with Crippen molar-refractivity contribution in [1.82, 2.24) is 5.32 Å².